The molecule has 1 amide bonds. The van der Waals surface area contributed by atoms with E-state index in [-0.39, 0.29) is 46.7 Å². The van der Waals surface area contributed by atoms with Crippen molar-refractivity contribution in [3.8, 4) is 0 Å². The van der Waals surface area contributed by atoms with E-state index in [1.165, 1.54) is 40.9 Å². The SMILES string of the molecule is Cl.NC1C(=O)N2C(C(=O)OCc3ccc([N+](=O)[O-])cc3)=C(Cl)CS[C@H]12. The number of nitro benzene ring substituents is 1. The summed E-state index contributed by atoms with van der Waals surface area (Å²) in [5, 5.41) is 10.5. The number of nitrogens with two attached hydrogens (primary N) is 1. The second-order valence-electron chi connectivity index (χ2n) is 5.19. The Morgan fingerprint density at radius 3 is 2.68 bits per heavy atom. The fourth-order valence-corrected chi connectivity index (χ4v) is 3.89. The van der Waals surface area contributed by atoms with Crippen molar-refractivity contribution in [3.05, 3.63) is 50.7 Å². The van der Waals surface area contributed by atoms with E-state index in [1.54, 1.807) is 0 Å². The Labute approximate surface area is 157 Å². The average Bonchev–Trinajstić information content (AvgIpc) is 2.59. The van der Waals surface area contributed by atoms with E-state index >= 15 is 0 Å². The highest BCUT2D eigenvalue weighted by atomic mass is 35.5. The van der Waals surface area contributed by atoms with Gasteiger partial charge in [-0.15, -0.1) is 24.2 Å². The van der Waals surface area contributed by atoms with Gasteiger partial charge in [0.2, 0.25) is 5.91 Å². The van der Waals surface area contributed by atoms with E-state index in [2.05, 4.69) is 0 Å². The van der Waals surface area contributed by atoms with E-state index in [1.807, 2.05) is 0 Å². The molecule has 2 atom stereocenters. The predicted molar refractivity (Wildman–Crippen MR) is 94.1 cm³/mol. The number of thioether (sulfide) groups is 1. The van der Waals surface area contributed by atoms with Crippen LogP contribution in [0.15, 0.2) is 35.0 Å². The highest BCUT2D eigenvalue weighted by Gasteiger charge is 2.52. The van der Waals surface area contributed by atoms with Gasteiger partial charge in [-0.3, -0.25) is 19.8 Å². The molecule has 2 heterocycles. The molecule has 25 heavy (non-hydrogen) atoms. The predicted octanol–water partition coefficient (Wildman–Crippen LogP) is 1.75. The number of hydrogen-bond acceptors (Lipinski definition) is 7. The van der Waals surface area contributed by atoms with Crippen LogP contribution in [-0.4, -0.2) is 38.9 Å². The highest BCUT2D eigenvalue weighted by Crippen LogP contribution is 2.40. The molecule has 0 aliphatic carbocycles. The minimum Gasteiger partial charge on any atom is -0.456 e. The lowest BCUT2D eigenvalue weighted by atomic mass is 10.1. The Hall–Kier alpha value is -1.81. The summed E-state index contributed by atoms with van der Waals surface area (Å²) >= 11 is 7.46. The van der Waals surface area contributed by atoms with Gasteiger partial charge in [0, 0.05) is 17.9 Å². The number of esters is 1. The molecule has 11 heteroatoms. The number of nitro groups is 1. The van der Waals surface area contributed by atoms with Crippen molar-refractivity contribution in [2.75, 3.05) is 5.75 Å². The van der Waals surface area contributed by atoms with Crippen LogP contribution in [0.3, 0.4) is 0 Å². The Balaban J connectivity index is 0.00000225. The fourth-order valence-electron chi connectivity index (χ4n) is 2.40. The highest BCUT2D eigenvalue weighted by molar-refractivity contribution is 8.00. The number of carbonyl (C=O) groups is 2. The van der Waals surface area contributed by atoms with Gasteiger partial charge in [0.25, 0.3) is 5.69 Å². The number of hydrogen-bond donors (Lipinski definition) is 1. The lowest BCUT2D eigenvalue weighted by Gasteiger charge is -2.47. The molecule has 1 unspecified atom stereocenters. The zero-order valence-electron chi connectivity index (χ0n) is 12.6. The molecule has 2 aliphatic rings. The third kappa shape index (κ3) is 3.59. The molecular formula is C14H13Cl2N3O5S. The van der Waals surface area contributed by atoms with E-state index in [9.17, 15) is 19.7 Å². The molecule has 8 nitrogen and oxygen atoms in total. The van der Waals surface area contributed by atoms with Crippen molar-refractivity contribution in [2.45, 2.75) is 18.0 Å². The lowest BCUT2D eigenvalue weighted by molar-refractivity contribution is -0.384. The summed E-state index contributed by atoms with van der Waals surface area (Å²) in [5.74, 6) is -0.706. The largest absolute Gasteiger partial charge is 0.456 e. The fraction of sp³-hybridized carbons (Fsp3) is 0.286. The second-order valence-corrected chi connectivity index (χ2v) is 6.75. The standard InChI is InChI=1S/C14H12ClN3O5S.ClH/c15-9-6-24-13-10(16)12(19)17(13)11(9)14(20)23-5-7-1-3-8(4-2-7)18(21)22;/h1-4,10,13H,5-6,16H2;1H/t10?,13-;/m1./s1. The van der Waals surface area contributed by atoms with Gasteiger partial charge in [-0.05, 0) is 17.7 Å². The van der Waals surface area contributed by atoms with Crippen LogP contribution in [0.2, 0.25) is 0 Å². The van der Waals surface area contributed by atoms with Crippen molar-refractivity contribution in [1.82, 2.24) is 4.90 Å². The summed E-state index contributed by atoms with van der Waals surface area (Å²) in [4.78, 5) is 35.5. The number of rotatable bonds is 4. The molecule has 0 radical (unpaired) electrons. The van der Waals surface area contributed by atoms with Crippen LogP contribution >= 0.6 is 35.8 Å². The first kappa shape index (κ1) is 19.5. The number of carbonyl (C=O) groups excluding carboxylic acids is 2. The van der Waals surface area contributed by atoms with E-state index in [0.717, 1.165) is 0 Å². The summed E-state index contributed by atoms with van der Waals surface area (Å²) in [6.45, 7) is -0.0869. The molecule has 1 aromatic carbocycles. The number of β-lactam (4-membered cyclic amide) rings is 1. The number of non-ortho nitro benzene ring substituents is 1. The van der Waals surface area contributed by atoms with Crippen LogP contribution < -0.4 is 5.73 Å². The molecule has 0 saturated carbocycles. The normalized spacial score (nSPS) is 21.8. The van der Waals surface area contributed by atoms with Gasteiger partial charge in [0.15, 0.2) is 0 Å². The maximum atomic E-state index is 12.3. The van der Waals surface area contributed by atoms with Crippen LogP contribution in [-0.2, 0) is 20.9 Å². The number of benzene rings is 1. The first-order valence-electron chi connectivity index (χ1n) is 6.89. The summed E-state index contributed by atoms with van der Waals surface area (Å²) in [6, 6.07) is 4.98. The average molecular weight is 406 g/mol. The molecule has 134 valence electrons. The van der Waals surface area contributed by atoms with Crippen molar-refractivity contribution in [3.63, 3.8) is 0 Å². The summed E-state index contributed by atoms with van der Waals surface area (Å²) in [5.41, 5.74) is 6.26. The van der Waals surface area contributed by atoms with E-state index in [0.29, 0.717) is 11.3 Å². The van der Waals surface area contributed by atoms with Crippen molar-refractivity contribution < 1.29 is 19.2 Å². The topological polar surface area (TPSA) is 116 Å². The van der Waals surface area contributed by atoms with Crippen LogP contribution in [0, 0.1) is 10.1 Å². The molecule has 0 bridgehead atoms. The van der Waals surface area contributed by atoms with Crippen LogP contribution in [0.5, 0.6) is 0 Å². The van der Waals surface area contributed by atoms with Gasteiger partial charge in [0.1, 0.15) is 23.7 Å². The molecule has 2 N–H and O–H groups in total. The van der Waals surface area contributed by atoms with Gasteiger partial charge in [-0.1, -0.05) is 11.6 Å². The van der Waals surface area contributed by atoms with Crippen molar-refractivity contribution >= 4 is 53.3 Å². The third-order valence-electron chi connectivity index (χ3n) is 3.67. The third-order valence-corrected chi connectivity index (χ3v) is 5.45. The van der Waals surface area contributed by atoms with Crippen LogP contribution in [0.4, 0.5) is 5.69 Å². The molecule has 2 aliphatic heterocycles. The van der Waals surface area contributed by atoms with Gasteiger partial charge in [-0.2, -0.15) is 0 Å². The van der Waals surface area contributed by atoms with Gasteiger partial charge < -0.3 is 10.5 Å². The summed E-state index contributed by atoms with van der Waals surface area (Å²) in [6.07, 6.45) is 0. The molecule has 3 rings (SSSR count). The smallest absolute Gasteiger partial charge is 0.356 e. The Morgan fingerprint density at radius 1 is 1.44 bits per heavy atom. The van der Waals surface area contributed by atoms with Crippen LogP contribution in [0.1, 0.15) is 5.56 Å². The summed E-state index contributed by atoms with van der Waals surface area (Å²) in [7, 11) is 0. The zero-order valence-corrected chi connectivity index (χ0v) is 15.0. The molecule has 1 saturated heterocycles. The zero-order chi connectivity index (χ0) is 17.4. The van der Waals surface area contributed by atoms with E-state index < -0.39 is 16.9 Å². The monoisotopic (exact) mass is 405 g/mol. The first-order chi connectivity index (χ1) is 11.4. The maximum Gasteiger partial charge on any atom is 0.356 e. The number of halogens is 2. The maximum absolute atomic E-state index is 12.3. The number of amides is 1. The van der Waals surface area contributed by atoms with Gasteiger partial charge in [0.05, 0.1) is 9.96 Å². The molecule has 0 aromatic heterocycles. The molecule has 1 aromatic rings. The van der Waals surface area contributed by atoms with Crippen molar-refractivity contribution in [2.24, 2.45) is 5.73 Å². The Bertz CT molecular complexity index is 755. The molecular weight excluding hydrogens is 393 g/mol. The Morgan fingerprint density at radius 2 is 2.08 bits per heavy atom. The quantitative estimate of drug-likeness (QED) is 0.351. The van der Waals surface area contributed by atoms with Crippen molar-refractivity contribution in [1.29, 1.82) is 0 Å². The minimum atomic E-state index is -0.719. The number of fused-ring (bicyclic) bond motifs is 1. The number of nitrogens with zero attached hydrogens (tertiary/aromatic N) is 2. The second kappa shape index (κ2) is 7.61. The number of ether oxygens (including phenoxy) is 1. The van der Waals surface area contributed by atoms with Gasteiger partial charge in [-0.25, -0.2) is 4.79 Å². The minimum absolute atomic E-state index is 0. The van der Waals surface area contributed by atoms with Crippen LogP contribution in [0.25, 0.3) is 0 Å². The Kier molecular flexibility index (Phi) is 5.94. The van der Waals surface area contributed by atoms with E-state index in [4.69, 9.17) is 22.1 Å². The molecule has 1 fully saturated rings. The molecule has 0 spiro atoms. The van der Waals surface area contributed by atoms with Gasteiger partial charge >= 0.3 is 5.97 Å². The lowest BCUT2D eigenvalue weighted by Crippen LogP contribution is -2.68. The first-order valence-corrected chi connectivity index (χ1v) is 8.32. The summed E-state index contributed by atoms with van der Waals surface area (Å²) < 4.78 is 5.18.